The van der Waals surface area contributed by atoms with Crippen LogP contribution in [0.5, 0.6) is 5.75 Å². The van der Waals surface area contributed by atoms with Crippen molar-refractivity contribution < 1.29 is 9.53 Å². The number of benzene rings is 3. The van der Waals surface area contributed by atoms with Crippen LogP contribution in [0.1, 0.15) is 32.9 Å². The molecule has 5 nitrogen and oxygen atoms in total. The van der Waals surface area contributed by atoms with E-state index in [1.165, 1.54) is 0 Å². The van der Waals surface area contributed by atoms with E-state index in [-0.39, 0.29) is 12.5 Å². The van der Waals surface area contributed by atoms with Crippen molar-refractivity contribution in [2.24, 2.45) is 0 Å². The lowest BCUT2D eigenvalue weighted by Crippen LogP contribution is -2.14. The molecule has 1 N–H and O–H groups in total. The summed E-state index contributed by atoms with van der Waals surface area (Å²) in [4.78, 5) is 13.0. The zero-order chi connectivity index (χ0) is 25.1. The fourth-order valence-electron chi connectivity index (χ4n) is 3.61. The topological polar surface area (TPSA) is 56.2 Å². The smallest absolute Gasteiger partial charge is 0.255 e. The van der Waals surface area contributed by atoms with Gasteiger partial charge in [-0.3, -0.25) is 9.48 Å². The Morgan fingerprint density at radius 2 is 1.66 bits per heavy atom. The molecule has 180 valence electrons. The van der Waals surface area contributed by atoms with Gasteiger partial charge in [-0.15, -0.1) is 0 Å². The maximum Gasteiger partial charge on any atom is 0.255 e. The predicted octanol–water partition coefficient (Wildman–Crippen LogP) is 7.99. The van der Waals surface area contributed by atoms with E-state index in [1.54, 1.807) is 59.3 Å². The van der Waals surface area contributed by atoms with E-state index in [2.05, 4.69) is 10.4 Å². The summed E-state index contributed by atoms with van der Waals surface area (Å²) in [5, 5.41) is 9.64. The molecule has 0 bridgehead atoms. The SMILES string of the molecule is Cc1nn(Cc2c(Cl)cccc2Cl)c(C)c1NC(=O)c1cccc(COc2ccc(Cl)cc2Cl)c1. The predicted molar refractivity (Wildman–Crippen MR) is 142 cm³/mol. The van der Waals surface area contributed by atoms with Crippen LogP contribution < -0.4 is 10.1 Å². The molecule has 0 radical (unpaired) electrons. The second-order valence-electron chi connectivity index (χ2n) is 7.92. The van der Waals surface area contributed by atoms with Gasteiger partial charge in [-0.1, -0.05) is 64.6 Å². The highest BCUT2D eigenvalue weighted by atomic mass is 35.5. The third-order valence-electron chi connectivity index (χ3n) is 5.47. The minimum Gasteiger partial charge on any atom is -0.487 e. The molecular formula is C26H21Cl4N3O2. The first-order valence-corrected chi connectivity index (χ1v) is 12.2. The van der Waals surface area contributed by atoms with Gasteiger partial charge in [0.2, 0.25) is 0 Å². The number of rotatable bonds is 7. The number of hydrogen-bond acceptors (Lipinski definition) is 3. The number of aromatic nitrogens is 2. The van der Waals surface area contributed by atoms with Crippen molar-refractivity contribution in [3.8, 4) is 5.75 Å². The molecule has 0 atom stereocenters. The second-order valence-corrected chi connectivity index (χ2v) is 9.58. The summed E-state index contributed by atoms with van der Waals surface area (Å²) < 4.78 is 7.57. The quantitative estimate of drug-likeness (QED) is 0.254. The molecule has 35 heavy (non-hydrogen) atoms. The van der Waals surface area contributed by atoms with E-state index in [0.29, 0.717) is 49.3 Å². The van der Waals surface area contributed by atoms with Gasteiger partial charge >= 0.3 is 0 Å². The third-order valence-corrected chi connectivity index (χ3v) is 6.71. The number of carbonyl (C=O) groups is 1. The average molecular weight is 549 g/mol. The largest absolute Gasteiger partial charge is 0.487 e. The number of nitrogens with one attached hydrogen (secondary N) is 1. The molecule has 0 spiro atoms. The molecule has 0 unspecified atom stereocenters. The lowest BCUT2D eigenvalue weighted by Gasteiger charge is -2.11. The first-order chi connectivity index (χ1) is 16.7. The molecule has 1 amide bonds. The van der Waals surface area contributed by atoms with E-state index < -0.39 is 0 Å². The minimum absolute atomic E-state index is 0.247. The number of amides is 1. The van der Waals surface area contributed by atoms with Gasteiger partial charge in [-0.25, -0.2) is 0 Å². The molecule has 4 aromatic rings. The van der Waals surface area contributed by atoms with Crippen LogP contribution in [-0.2, 0) is 13.2 Å². The zero-order valence-electron chi connectivity index (χ0n) is 18.9. The van der Waals surface area contributed by atoms with E-state index >= 15 is 0 Å². The van der Waals surface area contributed by atoms with Crippen molar-refractivity contribution in [1.29, 1.82) is 0 Å². The average Bonchev–Trinajstić information content (AvgIpc) is 3.08. The van der Waals surface area contributed by atoms with Gasteiger partial charge in [0.25, 0.3) is 5.91 Å². The molecular weight excluding hydrogens is 528 g/mol. The minimum atomic E-state index is -0.252. The van der Waals surface area contributed by atoms with Crippen molar-refractivity contribution in [3.05, 3.63) is 109 Å². The Balaban J connectivity index is 1.48. The second kappa shape index (κ2) is 10.9. The summed E-state index contributed by atoms with van der Waals surface area (Å²) in [6.45, 7) is 4.37. The number of halogens is 4. The van der Waals surface area contributed by atoms with Crippen LogP contribution in [0, 0.1) is 13.8 Å². The Kier molecular flexibility index (Phi) is 7.92. The number of ether oxygens (including phenoxy) is 1. The highest BCUT2D eigenvalue weighted by molar-refractivity contribution is 6.36. The third kappa shape index (κ3) is 5.93. The van der Waals surface area contributed by atoms with E-state index in [9.17, 15) is 4.79 Å². The summed E-state index contributed by atoms with van der Waals surface area (Å²) in [7, 11) is 0. The summed E-state index contributed by atoms with van der Waals surface area (Å²) in [5.41, 5.74) is 4.22. The molecule has 0 aliphatic heterocycles. The number of hydrogen-bond donors (Lipinski definition) is 1. The van der Waals surface area contributed by atoms with E-state index in [4.69, 9.17) is 51.1 Å². The molecule has 0 aliphatic carbocycles. The van der Waals surface area contributed by atoms with Crippen LogP contribution in [0.25, 0.3) is 0 Å². The summed E-state index contributed by atoms with van der Waals surface area (Å²) >= 11 is 24.7. The van der Waals surface area contributed by atoms with Gasteiger partial charge < -0.3 is 10.1 Å². The number of aryl methyl sites for hydroxylation is 1. The van der Waals surface area contributed by atoms with Crippen LogP contribution >= 0.6 is 46.4 Å². The fraction of sp³-hybridized carbons (Fsp3) is 0.154. The molecule has 0 saturated carbocycles. The lowest BCUT2D eigenvalue weighted by atomic mass is 10.1. The molecule has 4 rings (SSSR count). The van der Waals surface area contributed by atoms with Crippen molar-refractivity contribution in [3.63, 3.8) is 0 Å². The lowest BCUT2D eigenvalue weighted by molar-refractivity contribution is 0.102. The molecule has 0 aliphatic rings. The molecule has 3 aromatic carbocycles. The molecule has 1 aromatic heterocycles. The summed E-state index contributed by atoms with van der Waals surface area (Å²) in [5.74, 6) is 0.265. The molecule has 0 saturated heterocycles. The van der Waals surface area contributed by atoms with Crippen LogP contribution in [-0.4, -0.2) is 15.7 Å². The first-order valence-electron chi connectivity index (χ1n) is 10.7. The normalized spacial score (nSPS) is 10.9. The summed E-state index contributed by atoms with van der Waals surface area (Å²) in [6.07, 6.45) is 0. The Labute approximate surface area is 223 Å². The van der Waals surface area contributed by atoms with Gasteiger partial charge in [0, 0.05) is 26.2 Å². The standard InChI is InChI=1S/C26H21Cl4N3O2/c1-15-25(16(2)33(32-15)13-20-21(28)7-4-8-22(20)29)31-26(34)18-6-3-5-17(11-18)14-35-24-10-9-19(27)12-23(24)30/h3-12H,13-14H2,1-2H3,(H,31,34). The van der Waals surface area contributed by atoms with Crippen molar-refractivity contribution >= 4 is 58.0 Å². The number of anilines is 1. The Bertz CT molecular complexity index is 1380. The Morgan fingerprint density at radius 1 is 0.943 bits per heavy atom. The van der Waals surface area contributed by atoms with Crippen LogP contribution in [0.15, 0.2) is 60.7 Å². The monoisotopic (exact) mass is 547 g/mol. The van der Waals surface area contributed by atoms with Gasteiger partial charge in [0.1, 0.15) is 12.4 Å². The fourth-order valence-corrected chi connectivity index (χ4v) is 4.59. The zero-order valence-corrected chi connectivity index (χ0v) is 21.9. The number of nitrogens with zero attached hydrogens (tertiary/aromatic N) is 2. The molecule has 1 heterocycles. The molecule has 9 heteroatoms. The van der Waals surface area contributed by atoms with Crippen LogP contribution in [0.4, 0.5) is 5.69 Å². The van der Waals surface area contributed by atoms with Gasteiger partial charge in [-0.2, -0.15) is 5.10 Å². The Morgan fingerprint density at radius 3 is 2.37 bits per heavy atom. The Hall–Kier alpha value is -2.70. The van der Waals surface area contributed by atoms with E-state index in [0.717, 1.165) is 16.8 Å². The van der Waals surface area contributed by atoms with Crippen molar-refractivity contribution in [1.82, 2.24) is 9.78 Å². The van der Waals surface area contributed by atoms with Crippen LogP contribution in [0.3, 0.4) is 0 Å². The summed E-state index contributed by atoms with van der Waals surface area (Å²) in [6, 6.07) is 17.6. The highest BCUT2D eigenvalue weighted by Gasteiger charge is 2.17. The maximum atomic E-state index is 13.0. The highest BCUT2D eigenvalue weighted by Crippen LogP contribution is 2.29. The van der Waals surface area contributed by atoms with E-state index in [1.807, 2.05) is 19.9 Å². The first kappa shape index (κ1) is 25.4. The van der Waals surface area contributed by atoms with Gasteiger partial charge in [0.05, 0.1) is 28.6 Å². The van der Waals surface area contributed by atoms with Crippen molar-refractivity contribution in [2.75, 3.05) is 5.32 Å². The maximum absolute atomic E-state index is 13.0. The van der Waals surface area contributed by atoms with Crippen molar-refractivity contribution in [2.45, 2.75) is 27.0 Å². The van der Waals surface area contributed by atoms with Gasteiger partial charge in [-0.05, 0) is 61.9 Å². The van der Waals surface area contributed by atoms with Gasteiger partial charge in [0.15, 0.2) is 0 Å². The van der Waals surface area contributed by atoms with Crippen LogP contribution in [0.2, 0.25) is 20.1 Å². The molecule has 0 fully saturated rings. The number of carbonyl (C=O) groups excluding carboxylic acids is 1.